The molecule has 14 aromatic carbocycles. The number of hydrogen-bond acceptors (Lipinski definition) is 3. The van der Waals surface area contributed by atoms with E-state index in [2.05, 4.69) is 302 Å². The van der Waals surface area contributed by atoms with Gasteiger partial charge in [0.25, 0.3) is 0 Å². The summed E-state index contributed by atoms with van der Waals surface area (Å²) in [4.78, 5) is 2.47. The second-order valence-electron chi connectivity index (χ2n) is 22.9. The predicted octanol–water partition coefficient (Wildman–Crippen LogP) is 21.5. The second-order valence-corrected chi connectivity index (χ2v) is 22.9. The van der Waals surface area contributed by atoms with E-state index in [0.29, 0.717) is 0 Å². The largest absolute Gasteiger partial charge is 0.456 e. The summed E-state index contributed by atoms with van der Waals surface area (Å²) in [5.41, 5.74) is 23.1. The lowest BCUT2D eigenvalue weighted by Gasteiger charge is -2.40. The van der Waals surface area contributed by atoms with Crippen LogP contribution in [-0.4, -0.2) is 0 Å². The summed E-state index contributed by atoms with van der Waals surface area (Å²) < 4.78 is 13.7. The highest BCUT2D eigenvalue weighted by Crippen LogP contribution is 2.66. The van der Waals surface area contributed by atoms with Gasteiger partial charge in [0.15, 0.2) is 0 Å². The van der Waals surface area contributed by atoms with Crippen molar-refractivity contribution < 1.29 is 9.15 Å². The first kappa shape index (κ1) is 47.6. The van der Waals surface area contributed by atoms with Gasteiger partial charge in [0, 0.05) is 49.6 Å². The number of rotatable bonds is 7. The maximum absolute atomic E-state index is 7.29. The topological polar surface area (TPSA) is 25.6 Å². The molecule has 1 spiro atoms. The Morgan fingerprint density at radius 2 is 0.741 bits per heavy atom. The smallest absolute Gasteiger partial charge is 0.140 e. The minimum Gasteiger partial charge on any atom is -0.456 e. The van der Waals surface area contributed by atoms with E-state index in [9.17, 15) is 0 Å². The molecule has 3 heteroatoms. The summed E-state index contributed by atoms with van der Waals surface area (Å²) in [7, 11) is 0. The van der Waals surface area contributed by atoms with Crippen LogP contribution in [0.3, 0.4) is 0 Å². The first-order valence-corrected chi connectivity index (χ1v) is 29.4. The monoisotopic (exact) mass is 1080 g/mol. The molecule has 0 bridgehead atoms. The van der Waals surface area contributed by atoms with Gasteiger partial charge in [0.2, 0.25) is 0 Å². The predicted molar refractivity (Wildman–Crippen MR) is 349 cm³/mol. The van der Waals surface area contributed by atoms with Gasteiger partial charge < -0.3 is 14.1 Å². The van der Waals surface area contributed by atoms with E-state index in [1.54, 1.807) is 0 Å². The first-order chi connectivity index (χ1) is 42.2. The molecule has 0 N–H and O–H groups in total. The fourth-order valence-corrected chi connectivity index (χ4v) is 15.3. The highest BCUT2D eigenvalue weighted by Gasteiger charge is 2.53. The molecule has 0 unspecified atom stereocenters. The summed E-state index contributed by atoms with van der Waals surface area (Å²) in [5, 5.41) is 6.78. The standard InChI is InChI=1S/C82H51NO2/c1-3-21-57(22-4-1)81(58-23-5-2-6-24-58)68-31-14-12-29-67(68)78-71(81)34-18-35-74(78)83(59-44-37-52(38-45-59)56-41-48-65-64-27-13-16-36-75(64)84-76(65)51-56)60-46-39-55(40-47-60)61-30-17-33-70-77(61)66-28-11-15-32-69(66)82(70)72-49-42-53-19-7-9-25-62(53)79(72)85-80-63-26-10-8-20-54(63)43-50-73(80)82/h1-51H. The number of ether oxygens (including phenoxy) is 1. The number of fused-ring (bicyclic) bond motifs is 19. The van der Waals surface area contributed by atoms with Crippen molar-refractivity contribution in [1.82, 2.24) is 0 Å². The lowest BCUT2D eigenvalue weighted by molar-refractivity contribution is 0.447. The fraction of sp³-hybridized carbons (Fsp3) is 0.0244. The molecule has 396 valence electrons. The molecular weight excluding hydrogens is 1030 g/mol. The number of anilines is 3. The molecule has 15 aromatic rings. The van der Waals surface area contributed by atoms with Crippen LogP contribution in [0.15, 0.2) is 314 Å². The van der Waals surface area contributed by atoms with Gasteiger partial charge in [0.1, 0.15) is 22.7 Å². The van der Waals surface area contributed by atoms with Gasteiger partial charge in [-0.05, 0) is 132 Å². The molecule has 85 heavy (non-hydrogen) atoms. The van der Waals surface area contributed by atoms with E-state index in [4.69, 9.17) is 9.15 Å². The second kappa shape index (κ2) is 18.2. The Morgan fingerprint density at radius 3 is 1.39 bits per heavy atom. The lowest BCUT2D eigenvalue weighted by Crippen LogP contribution is -2.32. The SMILES string of the molecule is c1ccc(C2(c3ccccc3)c3ccccc3-c3c(N(c4ccc(-c5ccc6c(c5)oc5ccccc56)cc4)c4ccc(-c5cccc6c5-c5ccccc5C65c6ccc7ccccc7c6Oc6c5ccc5ccccc65)cc4)cccc32)cc1. The Hall–Kier alpha value is -11.0. The van der Waals surface area contributed by atoms with Crippen LogP contribution in [0.5, 0.6) is 11.5 Å². The van der Waals surface area contributed by atoms with E-state index in [-0.39, 0.29) is 0 Å². The maximum atomic E-state index is 7.29. The molecule has 2 aliphatic carbocycles. The van der Waals surface area contributed by atoms with Gasteiger partial charge in [-0.2, -0.15) is 0 Å². The molecule has 1 aliphatic heterocycles. The Morgan fingerprint density at radius 1 is 0.271 bits per heavy atom. The third-order valence-electron chi connectivity index (χ3n) is 18.8. The third-order valence-corrected chi connectivity index (χ3v) is 18.8. The maximum Gasteiger partial charge on any atom is 0.140 e. The van der Waals surface area contributed by atoms with E-state index < -0.39 is 10.8 Å². The summed E-state index contributed by atoms with van der Waals surface area (Å²) in [6.07, 6.45) is 0. The summed E-state index contributed by atoms with van der Waals surface area (Å²) >= 11 is 0. The Kier molecular flexibility index (Phi) is 10.2. The minimum atomic E-state index is -0.654. The van der Waals surface area contributed by atoms with E-state index in [0.717, 1.165) is 99.9 Å². The molecule has 18 rings (SSSR count). The summed E-state index contributed by atoms with van der Waals surface area (Å²) in [6, 6.07) is 114. The molecule has 2 heterocycles. The van der Waals surface area contributed by atoms with Gasteiger partial charge in [-0.3, -0.25) is 0 Å². The average Bonchev–Trinajstić information content (AvgIpc) is 1.92. The van der Waals surface area contributed by atoms with Crippen LogP contribution in [0.2, 0.25) is 0 Å². The van der Waals surface area contributed by atoms with E-state index in [1.807, 2.05) is 12.1 Å². The van der Waals surface area contributed by atoms with Crippen molar-refractivity contribution in [2.45, 2.75) is 10.8 Å². The summed E-state index contributed by atoms with van der Waals surface area (Å²) in [6.45, 7) is 0. The quantitative estimate of drug-likeness (QED) is 0.159. The molecule has 1 aromatic heterocycles. The molecule has 0 saturated heterocycles. The van der Waals surface area contributed by atoms with Crippen LogP contribution in [0, 0.1) is 0 Å². The van der Waals surface area contributed by atoms with Crippen molar-refractivity contribution in [2.75, 3.05) is 4.90 Å². The number of nitrogens with zero attached hydrogens (tertiary/aromatic N) is 1. The van der Waals surface area contributed by atoms with Crippen molar-refractivity contribution in [3.8, 4) is 56.0 Å². The van der Waals surface area contributed by atoms with Crippen molar-refractivity contribution in [1.29, 1.82) is 0 Å². The average molecular weight is 1080 g/mol. The molecule has 0 atom stereocenters. The van der Waals surface area contributed by atoms with Gasteiger partial charge in [-0.25, -0.2) is 0 Å². The summed E-state index contributed by atoms with van der Waals surface area (Å²) in [5.74, 6) is 1.83. The van der Waals surface area contributed by atoms with Crippen molar-refractivity contribution in [3.05, 3.63) is 354 Å². The lowest BCUT2D eigenvalue weighted by atomic mass is 9.65. The molecular formula is C82H51NO2. The number of para-hydroxylation sites is 1. The van der Waals surface area contributed by atoms with Crippen molar-refractivity contribution in [2.24, 2.45) is 0 Å². The number of furan rings is 1. The molecule has 3 nitrogen and oxygen atoms in total. The number of benzene rings is 14. The van der Waals surface area contributed by atoms with Gasteiger partial charge >= 0.3 is 0 Å². The van der Waals surface area contributed by atoms with E-state index in [1.165, 1.54) is 61.2 Å². The van der Waals surface area contributed by atoms with Gasteiger partial charge in [-0.1, -0.05) is 261 Å². The van der Waals surface area contributed by atoms with Gasteiger partial charge in [0.05, 0.1) is 16.5 Å². The van der Waals surface area contributed by atoms with Crippen LogP contribution in [0.1, 0.15) is 44.5 Å². The first-order valence-electron chi connectivity index (χ1n) is 29.4. The van der Waals surface area contributed by atoms with Crippen LogP contribution in [0.25, 0.3) is 88.0 Å². The molecule has 0 amide bonds. The molecule has 0 radical (unpaired) electrons. The third kappa shape index (κ3) is 6.66. The minimum absolute atomic E-state index is 0.563. The van der Waals surface area contributed by atoms with Crippen LogP contribution in [-0.2, 0) is 10.8 Å². The zero-order valence-corrected chi connectivity index (χ0v) is 46.2. The van der Waals surface area contributed by atoms with Crippen molar-refractivity contribution in [3.63, 3.8) is 0 Å². The van der Waals surface area contributed by atoms with Crippen LogP contribution in [0.4, 0.5) is 17.1 Å². The molecule has 0 fully saturated rings. The highest BCUT2D eigenvalue weighted by atomic mass is 16.5. The highest BCUT2D eigenvalue weighted by molar-refractivity contribution is 6.07. The molecule has 0 saturated carbocycles. The molecule has 3 aliphatic rings. The zero-order valence-electron chi connectivity index (χ0n) is 46.2. The number of hydrogen-bond donors (Lipinski definition) is 0. The zero-order chi connectivity index (χ0) is 55.8. The van der Waals surface area contributed by atoms with Crippen molar-refractivity contribution >= 4 is 60.5 Å². The van der Waals surface area contributed by atoms with Crippen LogP contribution < -0.4 is 9.64 Å². The Labute approximate surface area is 492 Å². The Balaban J connectivity index is 0.831. The van der Waals surface area contributed by atoms with Gasteiger partial charge in [-0.15, -0.1) is 0 Å². The Bertz CT molecular complexity index is 5090. The normalized spacial score (nSPS) is 13.7. The van der Waals surface area contributed by atoms with Crippen LogP contribution >= 0.6 is 0 Å². The van der Waals surface area contributed by atoms with E-state index >= 15 is 0 Å². The fourth-order valence-electron chi connectivity index (χ4n) is 15.3.